The molecular weight excluding hydrogens is 436 g/mol. The second-order valence-electron chi connectivity index (χ2n) is 8.68. The molecule has 7 nitrogen and oxygen atoms in total. The Hall–Kier alpha value is -2.97. The fourth-order valence-corrected chi connectivity index (χ4v) is 6.10. The number of carbonyl (C=O) groups is 1. The van der Waals surface area contributed by atoms with Crippen LogP contribution in [0.3, 0.4) is 0 Å². The quantitative estimate of drug-likeness (QED) is 0.610. The van der Waals surface area contributed by atoms with Crippen molar-refractivity contribution in [3.63, 3.8) is 0 Å². The van der Waals surface area contributed by atoms with Crippen molar-refractivity contribution in [2.45, 2.75) is 50.0 Å². The van der Waals surface area contributed by atoms with E-state index in [1.54, 1.807) is 12.1 Å². The molecule has 0 bridgehead atoms. The molecule has 0 spiro atoms. The van der Waals surface area contributed by atoms with E-state index in [0.29, 0.717) is 24.3 Å². The fraction of sp³-hybridized carbons (Fsp3) is 0.360. The highest BCUT2D eigenvalue weighted by molar-refractivity contribution is 7.89. The van der Waals surface area contributed by atoms with Crippen LogP contribution in [-0.4, -0.2) is 41.3 Å². The molecule has 2 aliphatic heterocycles. The van der Waals surface area contributed by atoms with Crippen LogP contribution in [0.15, 0.2) is 59.6 Å². The number of carbonyl (C=O) groups excluding carboxylic acids is 1. The van der Waals surface area contributed by atoms with Crippen molar-refractivity contribution in [3.05, 3.63) is 66.1 Å². The number of hydrogen-bond acceptors (Lipinski definition) is 4. The number of benzene rings is 2. The molecule has 0 saturated carbocycles. The number of anilines is 1. The van der Waals surface area contributed by atoms with Crippen LogP contribution in [0.25, 0.3) is 11.3 Å². The highest BCUT2D eigenvalue weighted by Gasteiger charge is 2.26. The zero-order valence-corrected chi connectivity index (χ0v) is 19.4. The van der Waals surface area contributed by atoms with Gasteiger partial charge in [-0.05, 0) is 56.0 Å². The van der Waals surface area contributed by atoms with Crippen LogP contribution >= 0.6 is 0 Å². The molecule has 1 amide bonds. The van der Waals surface area contributed by atoms with Gasteiger partial charge in [0, 0.05) is 43.4 Å². The van der Waals surface area contributed by atoms with E-state index in [0.717, 1.165) is 62.2 Å². The zero-order valence-electron chi connectivity index (χ0n) is 18.5. The number of nitrogens with one attached hydrogen (secondary N) is 1. The molecule has 0 unspecified atom stereocenters. The van der Waals surface area contributed by atoms with Crippen molar-refractivity contribution in [2.75, 3.05) is 18.4 Å². The van der Waals surface area contributed by atoms with Gasteiger partial charge in [-0.15, -0.1) is 0 Å². The van der Waals surface area contributed by atoms with Gasteiger partial charge in [0.15, 0.2) is 0 Å². The molecule has 3 aromatic rings. The number of amides is 1. The maximum atomic E-state index is 13.0. The maximum absolute atomic E-state index is 13.0. The second kappa shape index (κ2) is 9.11. The summed E-state index contributed by atoms with van der Waals surface area (Å²) in [5.41, 5.74) is 2.82. The summed E-state index contributed by atoms with van der Waals surface area (Å²) in [4.78, 5) is 18.0. The van der Waals surface area contributed by atoms with Crippen molar-refractivity contribution < 1.29 is 13.2 Å². The summed E-state index contributed by atoms with van der Waals surface area (Å²) in [7, 11) is -3.52. The normalized spacial score (nSPS) is 16.8. The van der Waals surface area contributed by atoms with E-state index in [1.807, 2.05) is 24.3 Å². The van der Waals surface area contributed by atoms with Crippen molar-refractivity contribution in [1.29, 1.82) is 0 Å². The first-order valence-corrected chi connectivity index (χ1v) is 13.0. The van der Waals surface area contributed by atoms with Gasteiger partial charge in [-0.3, -0.25) is 4.79 Å². The Labute approximate surface area is 194 Å². The predicted molar refractivity (Wildman–Crippen MR) is 128 cm³/mol. The van der Waals surface area contributed by atoms with Crippen molar-refractivity contribution >= 4 is 21.6 Å². The number of hydrogen-bond donors (Lipinski definition) is 1. The Morgan fingerprint density at radius 3 is 2.36 bits per heavy atom. The number of fused-ring (bicyclic) bond motifs is 1. The van der Waals surface area contributed by atoms with Crippen molar-refractivity contribution in [1.82, 2.24) is 13.9 Å². The van der Waals surface area contributed by atoms with Gasteiger partial charge in [-0.2, -0.15) is 4.31 Å². The standard InChI is InChI=1S/C25H28N4O3S/c30-25(19-11-13-20(14-12-19)33(31,32)29-16-5-1-6-17-29)27-22-9-3-2-8-21(22)23-18-28-15-7-4-10-24(28)26-23/h2-3,8-9,11-14,18H,1,4-7,10,15-17H2,(H,27,30). The van der Waals surface area contributed by atoms with Gasteiger partial charge < -0.3 is 9.88 Å². The number of imidazole rings is 1. The smallest absolute Gasteiger partial charge is 0.255 e. The van der Waals surface area contributed by atoms with Crippen LogP contribution < -0.4 is 5.32 Å². The van der Waals surface area contributed by atoms with Crippen LogP contribution in [-0.2, 0) is 23.0 Å². The third kappa shape index (κ3) is 4.45. The zero-order chi connectivity index (χ0) is 22.8. The third-order valence-corrected chi connectivity index (χ3v) is 8.34. The van der Waals surface area contributed by atoms with E-state index in [-0.39, 0.29) is 10.8 Å². The number of para-hydroxylation sites is 1. The second-order valence-corrected chi connectivity index (χ2v) is 10.6. The Morgan fingerprint density at radius 2 is 1.61 bits per heavy atom. The van der Waals surface area contributed by atoms with Gasteiger partial charge in [0.25, 0.3) is 5.91 Å². The van der Waals surface area contributed by atoms with Crippen LogP contribution in [0, 0.1) is 0 Å². The molecule has 33 heavy (non-hydrogen) atoms. The number of aryl methyl sites for hydroxylation is 2. The van der Waals surface area contributed by atoms with E-state index >= 15 is 0 Å². The summed E-state index contributed by atoms with van der Waals surface area (Å²) in [5.74, 6) is 0.802. The van der Waals surface area contributed by atoms with Gasteiger partial charge >= 0.3 is 0 Å². The van der Waals surface area contributed by atoms with Crippen molar-refractivity contribution in [3.8, 4) is 11.3 Å². The summed E-state index contributed by atoms with van der Waals surface area (Å²) in [6.07, 6.45) is 8.18. The topological polar surface area (TPSA) is 84.3 Å². The minimum atomic E-state index is -3.52. The average molecular weight is 465 g/mol. The molecule has 8 heteroatoms. The Bertz CT molecular complexity index is 1240. The summed E-state index contributed by atoms with van der Waals surface area (Å²) >= 11 is 0. The Morgan fingerprint density at radius 1 is 0.879 bits per heavy atom. The number of nitrogens with zero attached hydrogens (tertiary/aromatic N) is 3. The van der Waals surface area contributed by atoms with E-state index in [4.69, 9.17) is 4.98 Å². The van der Waals surface area contributed by atoms with Gasteiger partial charge in [0.1, 0.15) is 5.82 Å². The van der Waals surface area contributed by atoms with Gasteiger partial charge in [-0.1, -0.05) is 24.6 Å². The lowest BCUT2D eigenvalue weighted by atomic mass is 10.1. The summed E-state index contributed by atoms with van der Waals surface area (Å²) in [6, 6.07) is 13.8. The van der Waals surface area contributed by atoms with Crippen LogP contribution in [0.5, 0.6) is 0 Å². The first kappa shape index (κ1) is 21.9. The van der Waals surface area contributed by atoms with E-state index in [1.165, 1.54) is 16.4 Å². The summed E-state index contributed by atoms with van der Waals surface area (Å²) < 4.78 is 29.4. The molecule has 0 radical (unpaired) electrons. The van der Waals surface area contributed by atoms with Crippen LogP contribution in [0.4, 0.5) is 5.69 Å². The summed E-state index contributed by atoms with van der Waals surface area (Å²) in [6.45, 7) is 2.08. The van der Waals surface area contributed by atoms with Crippen molar-refractivity contribution in [2.24, 2.45) is 0 Å². The molecule has 5 rings (SSSR count). The molecule has 3 heterocycles. The molecule has 2 aromatic carbocycles. The monoisotopic (exact) mass is 464 g/mol. The molecule has 1 N–H and O–H groups in total. The summed E-state index contributed by atoms with van der Waals surface area (Å²) in [5, 5.41) is 2.98. The highest BCUT2D eigenvalue weighted by atomic mass is 32.2. The lowest BCUT2D eigenvalue weighted by Crippen LogP contribution is -2.35. The lowest BCUT2D eigenvalue weighted by molar-refractivity contribution is 0.102. The first-order chi connectivity index (χ1) is 16.0. The van der Waals surface area contributed by atoms with Crippen LogP contribution in [0.2, 0.25) is 0 Å². The molecule has 1 fully saturated rings. The molecule has 172 valence electrons. The molecular formula is C25H28N4O3S. The SMILES string of the molecule is O=C(Nc1ccccc1-c1cn2c(n1)CCCC2)c1ccc(S(=O)(=O)N2CCCCC2)cc1. The largest absolute Gasteiger partial charge is 0.334 e. The van der Waals surface area contributed by atoms with E-state index in [9.17, 15) is 13.2 Å². The molecule has 1 aromatic heterocycles. The molecule has 0 aliphatic carbocycles. The average Bonchev–Trinajstić information content (AvgIpc) is 3.29. The minimum absolute atomic E-state index is 0.227. The molecule has 1 saturated heterocycles. The maximum Gasteiger partial charge on any atom is 0.255 e. The number of aromatic nitrogens is 2. The predicted octanol–water partition coefficient (Wildman–Crippen LogP) is 4.31. The number of sulfonamides is 1. The third-order valence-electron chi connectivity index (χ3n) is 6.43. The fourth-order valence-electron chi connectivity index (χ4n) is 4.58. The van der Waals surface area contributed by atoms with Gasteiger partial charge in [0.05, 0.1) is 16.3 Å². The molecule has 0 atom stereocenters. The Kier molecular flexibility index (Phi) is 6.03. The van der Waals surface area contributed by atoms with E-state index in [2.05, 4.69) is 16.1 Å². The Balaban J connectivity index is 1.35. The lowest BCUT2D eigenvalue weighted by Gasteiger charge is -2.25. The van der Waals surface area contributed by atoms with E-state index < -0.39 is 10.0 Å². The number of rotatable bonds is 5. The van der Waals surface area contributed by atoms with Crippen LogP contribution in [0.1, 0.15) is 48.3 Å². The molecule has 2 aliphatic rings. The van der Waals surface area contributed by atoms with Gasteiger partial charge in [0.2, 0.25) is 10.0 Å². The van der Waals surface area contributed by atoms with Gasteiger partial charge in [-0.25, -0.2) is 13.4 Å². The minimum Gasteiger partial charge on any atom is -0.334 e. The highest BCUT2D eigenvalue weighted by Crippen LogP contribution is 2.29. The first-order valence-electron chi connectivity index (χ1n) is 11.6. The number of piperidine rings is 1.